The normalized spacial score (nSPS) is 14.7. The molecule has 3 heteroatoms. The zero-order chi connectivity index (χ0) is 18.1. The van der Waals surface area contributed by atoms with Crippen LogP contribution in [0, 0.1) is 0 Å². The number of ether oxygens (including phenoxy) is 1. The number of aliphatic hydroxyl groups is 2. The van der Waals surface area contributed by atoms with Gasteiger partial charge in [-0.05, 0) is 6.42 Å². The molecule has 0 fully saturated rings. The Bertz CT molecular complexity index is 263. The molecule has 0 rings (SSSR count). The Morgan fingerprint density at radius 1 is 0.773 bits per heavy atom. The van der Waals surface area contributed by atoms with Crippen LogP contribution in [0.1, 0.15) is 99.6 Å². The minimum absolute atomic E-state index is 0.151. The molecule has 0 bridgehead atoms. The standard InChI is InChI=1S/C19H40O3/c1-2-3-4-5-6-7-8-9-10-11-12-13-14-15-16-22-18-19(21)17-20/h19-21H,2-18H2,1H3/i16D2. The molecular formula is C19H40O3. The fourth-order valence-electron chi connectivity index (χ4n) is 2.49. The molecular weight excluding hydrogens is 276 g/mol. The van der Waals surface area contributed by atoms with Crippen LogP contribution in [-0.2, 0) is 4.74 Å². The van der Waals surface area contributed by atoms with E-state index in [4.69, 9.17) is 17.7 Å². The molecule has 0 radical (unpaired) electrons. The molecule has 0 aliphatic carbocycles. The van der Waals surface area contributed by atoms with E-state index < -0.39 is 19.3 Å². The van der Waals surface area contributed by atoms with Crippen molar-refractivity contribution in [1.29, 1.82) is 0 Å². The van der Waals surface area contributed by atoms with Crippen LogP contribution in [0.3, 0.4) is 0 Å². The number of hydrogen-bond acceptors (Lipinski definition) is 3. The van der Waals surface area contributed by atoms with Crippen molar-refractivity contribution in [1.82, 2.24) is 0 Å². The zero-order valence-corrected chi connectivity index (χ0v) is 14.7. The second-order valence-electron chi connectivity index (χ2n) is 6.28. The third-order valence-corrected chi connectivity index (χ3v) is 3.97. The Morgan fingerprint density at radius 3 is 1.59 bits per heavy atom. The Balaban J connectivity index is 3.29. The quantitative estimate of drug-likeness (QED) is 0.356. The summed E-state index contributed by atoms with van der Waals surface area (Å²) < 4.78 is 20.4. The van der Waals surface area contributed by atoms with Gasteiger partial charge in [0.25, 0.3) is 0 Å². The Hall–Kier alpha value is -0.120. The number of hydrogen-bond donors (Lipinski definition) is 2. The van der Waals surface area contributed by atoms with Crippen molar-refractivity contribution >= 4 is 0 Å². The van der Waals surface area contributed by atoms with E-state index in [1.807, 2.05) is 0 Å². The molecule has 0 aliphatic heterocycles. The second kappa shape index (κ2) is 18.9. The monoisotopic (exact) mass is 318 g/mol. The van der Waals surface area contributed by atoms with E-state index in [-0.39, 0.29) is 6.61 Å². The number of unbranched alkanes of at least 4 members (excludes halogenated alkanes) is 12. The van der Waals surface area contributed by atoms with E-state index in [1.165, 1.54) is 64.2 Å². The van der Waals surface area contributed by atoms with Crippen LogP contribution in [-0.4, -0.2) is 36.1 Å². The lowest BCUT2D eigenvalue weighted by Gasteiger charge is -2.08. The highest BCUT2D eigenvalue weighted by molar-refractivity contribution is 4.51. The van der Waals surface area contributed by atoms with Gasteiger partial charge in [-0.15, -0.1) is 0 Å². The van der Waals surface area contributed by atoms with E-state index in [2.05, 4.69) is 6.92 Å². The van der Waals surface area contributed by atoms with Crippen LogP contribution in [0.5, 0.6) is 0 Å². The maximum Gasteiger partial charge on any atom is 0.100 e. The fraction of sp³-hybridized carbons (Fsp3) is 1.00. The maximum absolute atomic E-state index is 9.16. The summed E-state index contributed by atoms with van der Waals surface area (Å²) >= 11 is 0. The third kappa shape index (κ3) is 17.9. The summed E-state index contributed by atoms with van der Waals surface area (Å²) in [4.78, 5) is 0. The molecule has 0 amide bonds. The average molecular weight is 319 g/mol. The number of rotatable bonds is 18. The largest absolute Gasteiger partial charge is 0.394 e. The summed E-state index contributed by atoms with van der Waals surface area (Å²) in [5, 5.41) is 17.8. The van der Waals surface area contributed by atoms with Crippen LogP contribution in [0.4, 0.5) is 0 Å². The molecule has 22 heavy (non-hydrogen) atoms. The van der Waals surface area contributed by atoms with Crippen molar-refractivity contribution in [2.24, 2.45) is 0 Å². The highest BCUT2D eigenvalue weighted by atomic mass is 16.5. The molecule has 0 aromatic carbocycles. The van der Waals surface area contributed by atoms with Crippen molar-refractivity contribution < 1.29 is 17.7 Å². The van der Waals surface area contributed by atoms with Gasteiger partial charge in [-0.2, -0.15) is 0 Å². The summed E-state index contributed by atoms with van der Waals surface area (Å²) in [6.07, 6.45) is 15.8. The van der Waals surface area contributed by atoms with Gasteiger partial charge >= 0.3 is 0 Å². The highest BCUT2D eigenvalue weighted by Gasteiger charge is 2.00. The van der Waals surface area contributed by atoms with Gasteiger partial charge in [-0.1, -0.05) is 90.4 Å². The van der Waals surface area contributed by atoms with Gasteiger partial charge in [0, 0.05) is 6.56 Å². The Kier molecular flexibility index (Phi) is 15.7. The van der Waals surface area contributed by atoms with E-state index in [9.17, 15) is 0 Å². The van der Waals surface area contributed by atoms with Crippen molar-refractivity contribution in [2.75, 3.05) is 19.8 Å². The first-order valence-electron chi connectivity index (χ1n) is 10.4. The summed E-state index contributed by atoms with van der Waals surface area (Å²) in [5.41, 5.74) is 0. The Labute approximate surface area is 141 Å². The van der Waals surface area contributed by atoms with E-state index >= 15 is 0 Å². The van der Waals surface area contributed by atoms with Crippen molar-refractivity contribution in [3.05, 3.63) is 0 Å². The smallest absolute Gasteiger partial charge is 0.100 e. The van der Waals surface area contributed by atoms with Gasteiger partial charge in [0.1, 0.15) is 6.10 Å². The van der Waals surface area contributed by atoms with Gasteiger partial charge in [-0.25, -0.2) is 0 Å². The van der Waals surface area contributed by atoms with Gasteiger partial charge < -0.3 is 14.9 Å². The predicted octanol–water partition coefficient (Wildman–Crippen LogP) is 4.84. The summed E-state index contributed by atoms with van der Waals surface area (Å²) in [7, 11) is 0. The fourth-order valence-corrected chi connectivity index (χ4v) is 2.49. The number of aliphatic hydroxyl groups excluding tert-OH is 2. The topological polar surface area (TPSA) is 49.7 Å². The first-order chi connectivity index (χ1) is 11.5. The average Bonchev–Trinajstić information content (AvgIpc) is 2.57. The van der Waals surface area contributed by atoms with Gasteiger partial charge in [-0.3, -0.25) is 0 Å². The molecule has 0 heterocycles. The van der Waals surface area contributed by atoms with Crippen molar-refractivity contribution in [3.63, 3.8) is 0 Å². The zero-order valence-electron chi connectivity index (χ0n) is 16.7. The second-order valence-corrected chi connectivity index (χ2v) is 6.28. The summed E-state index contributed by atoms with van der Waals surface area (Å²) in [6.45, 7) is 0.00742. The van der Waals surface area contributed by atoms with Crippen LogP contribution < -0.4 is 0 Å². The van der Waals surface area contributed by atoms with Crippen LogP contribution in [0.2, 0.25) is 0 Å². The molecule has 0 aromatic rings. The lowest BCUT2D eigenvalue weighted by Crippen LogP contribution is -2.19. The van der Waals surface area contributed by atoms with Gasteiger partial charge in [0.05, 0.1) is 16.0 Å². The van der Waals surface area contributed by atoms with E-state index in [0.717, 1.165) is 19.3 Å². The first-order valence-corrected chi connectivity index (χ1v) is 9.44. The van der Waals surface area contributed by atoms with E-state index in [1.54, 1.807) is 0 Å². The summed E-state index contributed by atoms with van der Waals surface area (Å²) in [6, 6.07) is 0. The van der Waals surface area contributed by atoms with Crippen LogP contribution >= 0.6 is 0 Å². The Morgan fingerprint density at radius 2 is 1.18 bits per heavy atom. The van der Waals surface area contributed by atoms with Gasteiger partial charge in [0.15, 0.2) is 0 Å². The predicted molar refractivity (Wildman–Crippen MR) is 94.2 cm³/mol. The first kappa shape index (κ1) is 18.2. The lowest BCUT2D eigenvalue weighted by molar-refractivity contribution is 0.00526. The molecule has 1 unspecified atom stereocenters. The third-order valence-electron chi connectivity index (χ3n) is 3.97. The van der Waals surface area contributed by atoms with E-state index in [0.29, 0.717) is 6.42 Å². The molecule has 3 nitrogen and oxygen atoms in total. The minimum Gasteiger partial charge on any atom is -0.394 e. The van der Waals surface area contributed by atoms with Gasteiger partial charge in [0.2, 0.25) is 0 Å². The maximum atomic E-state index is 9.16. The molecule has 2 N–H and O–H groups in total. The molecule has 0 saturated heterocycles. The molecule has 134 valence electrons. The SMILES string of the molecule is [2H]C([2H])(CCCCCCCCCCCCCCC)OCC(O)CO. The minimum atomic E-state index is -1.70. The summed E-state index contributed by atoms with van der Waals surface area (Å²) in [5.74, 6) is 0. The lowest BCUT2D eigenvalue weighted by atomic mass is 10.0. The molecule has 0 aromatic heterocycles. The molecule has 1 atom stereocenters. The molecule has 0 saturated carbocycles. The van der Waals surface area contributed by atoms with Crippen molar-refractivity contribution in [3.8, 4) is 0 Å². The van der Waals surface area contributed by atoms with Crippen LogP contribution in [0.25, 0.3) is 0 Å². The molecule has 0 spiro atoms. The molecule has 0 aliphatic rings. The van der Waals surface area contributed by atoms with Crippen molar-refractivity contribution in [2.45, 2.75) is 103 Å². The highest BCUT2D eigenvalue weighted by Crippen LogP contribution is 2.12. The van der Waals surface area contributed by atoms with Crippen LogP contribution in [0.15, 0.2) is 0 Å².